The Labute approximate surface area is 157 Å². The van der Waals surface area contributed by atoms with E-state index in [4.69, 9.17) is 21.1 Å². The quantitative estimate of drug-likeness (QED) is 0.736. The van der Waals surface area contributed by atoms with Gasteiger partial charge in [-0.25, -0.2) is 9.29 Å². The Bertz CT molecular complexity index is 744. The molecule has 0 atom stereocenters. The Hall–Kier alpha value is -1.44. The number of hydrogen-bond donors (Lipinski definition) is 0. The van der Waals surface area contributed by atoms with Gasteiger partial charge in [0, 0.05) is 32.4 Å². The van der Waals surface area contributed by atoms with Crippen molar-refractivity contribution in [2.24, 2.45) is 7.05 Å². The van der Waals surface area contributed by atoms with Gasteiger partial charge in [0.2, 0.25) is 0 Å². The van der Waals surface area contributed by atoms with E-state index >= 15 is 0 Å². The molecule has 3 heterocycles. The van der Waals surface area contributed by atoms with Crippen LogP contribution in [0.5, 0.6) is 11.6 Å². The van der Waals surface area contributed by atoms with Crippen LogP contribution in [0.4, 0.5) is 0 Å². The number of aromatic nitrogens is 3. The number of hydrogen-bond acceptors (Lipinski definition) is 6. The molecule has 1 aliphatic rings. The van der Waals surface area contributed by atoms with Crippen LogP contribution in [0.1, 0.15) is 24.2 Å². The van der Waals surface area contributed by atoms with Crippen LogP contribution in [0.25, 0.3) is 0 Å². The van der Waals surface area contributed by atoms with Crippen LogP contribution in [0.3, 0.4) is 0 Å². The summed E-state index contributed by atoms with van der Waals surface area (Å²) in [6, 6.07) is 1.73. The number of aryl methyl sites for hydroxylation is 2. The Kier molecular flexibility index (Phi) is 5.76. The van der Waals surface area contributed by atoms with Crippen LogP contribution in [-0.2, 0) is 7.05 Å². The maximum absolute atomic E-state index is 6.04. The number of piperidine rings is 1. The fourth-order valence-electron chi connectivity index (χ4n) is 2.86. The standard InChI is InChI=1S/C17H23ClN4O2S/c1-11-16(12(2)21(3)20-11)25-22-7-5-14(6-8-22)24-17-15(23-4)9-13(18)10-19-17/h9-10,14H,5-8H2,1-4H3. The first-order chi connectivity index (χ1) is 12.0. The predicted molar refractivity (Wildman–Crippen MR) is 99.6 cm³/mol. The molecule has 3 rings (SSSR count). The van der Waals surface area contributed by atoms with Crippen molar-refractivity contribution in [3.63, 3.8) is 0 Å². The lowest BCUT2D eigenvalue weighted by molar-refractivity contribution is 0.129. The number of nitrogens with zero attached hydrogens (tertiary/aromatic N) is 4. The molecule has 0 aromatic carbocycles. The zero-order chi connectivity index (χ0) is 18.0. The van der Waals surface area contributed by atoms with E-state index in [9.17, 15) is 0 Å². The van der Waals surface area contributed by atoms with Crippen LogP contribution in [0.2, 0.25) is 5.02 Å². The van der Waals surface area contributed by atoms with Crippen molar-refractivity contribution in [2.75, 3.05) is 20.2 Å². The molecule has 0 aliphatic carbocycles. The second-order valence-electron chi connectivity index (χ2n) is 6.12. The molecule has 0 radical (unpaired) electrons. The molecule has 0 unspecified atom stereocenters. The van der Waals surface area contributed by atoms with E-state index in [0.29, 0.717) is 16.7 Å². The first kappa shape index (κ1) is 18.4. The number of rotatable bonds is 5. The summed E-state index contributed by atoms with van der Waals surface area (Å²) in [4.78, 5) is 5.50. The van der Waals surface area contributed by atoms with Gasteiger partial charge in [-0.15, -0.1) is 0 Å². The van der Waals surface area contributed by atoms with Gasteiger partial charge in [0.15, 0.2) is 5.75 Å². The zero-order valence-electron chi connectivity index (χ0n) is 15.0. The number of methoxy groups -OCH3 is 1. The molecular weight excluding hydrogens is 360 g/mol. The van der Waals surface area contributed by atoms with Crippen molar-refractivity contribution in [1.29, 1.82) is 0 Å². The van der Waals surface area contributed by atoms with E-state index in [0.717, 1.165) is 31.6 Å². The van der Waals surface area contributed by atoms with Crippen LogP contribution in [0, 0.1) is 13.8 Å². The average Bonchev–Trinajstić information content (AvgIpc) is 2.84. The molecule has 1 fully saturated rings. The number of halogens is 1. The van der Waals surface area contributed by atoms with Gasteiger partial charge in [0.25, 0.3) is 5.88 Å². The topological polar surface area (TPSA) is 52.4 Å². The third-order valence-electron chi connectivity index (χ3n) is 4.35. The predicted octanol–water partition coefficient (Wildman–Crippen LogP) is 3.64. The van der Waals surface area contributed by atoms with E-state index in [2.05, 4.69) is 28.2 Å². The van der Waals surface area contributed by atoms with Crippen molar-refractivity contribution >= 4 is 23.5 Å². The van der Waals surface area contributed by atoms with Crippen LogP contribution in [0.15, 0.2) is 17.2 Å². The highest BCUT2D eigenvalue weighted by Crippen LogP contribution is 2.33. The van der Waals surface area contributed by atoms with Gasteiger partial charge in [-0.2, -0.15) is 5.10 Å². The Morgan fingerprint density at radius 2 is 2.00 bits per heavy atom. The fraction of sp³-hybridized carbons (Fsp3) is 0.529. The fourth-order valence-corrected chi connectivity index (χ4v) is 4.09. The molecule has 2 aromatic heterocycles. The molecule has 2 aromatic rings. The Morgan fingerprint density at radius 1 is 1.28 bits per heavy atom. The van der Waals surface area contributed by atoms with Gasteiger partial charge < -0.3 is 9.47 Å². The number of ether oxygens (including phenoxy) is 2. The molecule has 0 saturated carbocycles. The highest BCUT2D eigenvalue weighted by atomic mass is 35.5. The third-order valence-corrected chi connectivity index (χ3v) is 5.95. The van der Waals surface area contributed by atoms with Gasteiger partial charge >= 0.3 is 0 Å². The molecule has 0 spiro atoms. The third kappa shape index (κ3) is 4.22. The van der Waals surface area contributed by atoms with Gasteiger partial charge in [-0.05, 0) is 38.6 Å². The van der Waals surface area contributed by atoms with Crippen molar-refractivity contribution < 1.29 is 9.47 Å². The van der Waals surface area contributed by atoms with Crippen molar-refractivity contribution in [3.8, 4) is 11.6 Å². The van der Waals surface area contributed by atoms with Crippen molar-refractivity contribution in [1.82, 2.24) is 19.1 Å². The lowest BCUT2D eigenvalue weighted by Gasteiger charge is -2.31. The first-order valence-corrected chi connectivity index (χ1v) is 9.42. The molecule has 6 nitrogen and oxygen atoms in total. The summed E-state index contributed by atoms with van der Waals surface area (Å²) < 4.78 is 15.7. The normalized spacial score (nSPS) is 16.2. The van der Waals surface area contributed by atoms with Crippen LogP contribution < -0.4 is 9.47 Å². The van der Waals surface area contributed by atoms with Gasteiger partial charge in [-0.1, -0.05) is 11.6 Å². The number of pyridine rings is 1. The maximum Gasteiger partial charge on any atom is 0.257 e. The van der Waals surface area contributed by atoms with Gasteiger partial charge in [-0.3, -0.25) is 4.68 Å². The highest BCUT2D eigenvalue weighted by molar-refractivity contribution is 7.97. The Morgan fingerprint density at radius 3 is 2.60 bits per heavy atom. The van der Waals surface area contributed by atoms with Crippen LogP contribution >= 0.6 is 23.5 Å². The molecule has 8 heteroatoms. The molecule has 0 bridgehead atoms. The summed E-state index contributed by atoms with van der Waals surface area (Å²) in [5.74, 6) is 1.09. The monoisotopic (exact) mass is 382 g/mol. The smallest absolute Gasteiger partial charge is 0.257 e. The van der Waals surface area contributed by atoms with Gasteiger partial charge in [0.1, 0.15) is 6.10 Å². The largest absolute Gasteiger partial charge is 0.491 e. The van der Waals surface area contributed by atoms with E-state index in [1.165, 1.54) is 10.6 Å². The minimum Gasteiger partial charge on any atom is -0.491 e. The molecule has 1 saturated heterocycles. The first-order valence-electron chi connectivity index (χ1n) is 8.27. The molecule has 25 heavy (non-hydrogen) atoms. The van der Waals surface area contributed by atoms with Gasteiger partial charge in [0.05, 0.1) is 28.4 Å². The SMILES string of the molecule is COc1cc(Cl)cnc1OC1CCN(Sc2c(C)nn(C)c2C)CC1. The molecule has 0 amide bonds. The summed E-state index contributed by atoms with van der Waals surface area (Å²) in [5, 5.41) is 5.02. The lowest BCUT2D eigenvalue weighted by atomic mass is 10.1. The molecule has 1 aliphatic heterocycles. The van der Waals surface area contributed by atoms with E-state index in [1.54, 1.807) is 31.3 Å². The minimum absolute atomic E-state index is 0.135. The van der Waals surface area contributed by atoms with Crippen LogP contribution in [-0.4, -0.2) is 45.4 Å². The summed E-state index contributed by atoms with van der Waals surface area (Å²) in [6.07, 6.45) is 3.60. The summed E-state index contributed by atoms with van der Waals surface area (Å²) in [5.41, 5.74) is 2.29. The zero-order valence-corrected chi connectivity index (χ0v) is 16.5. The second kappa shape index (κ2) is 7.85. The summed E-state index contributed by atoms with van der Waals surface area (Å²) in [6.45, 7) is 6.08. The average molecular weight is 383 g/mol. The molecule has 0 N–H and O–H groups in total. The second-order valence-corrected chi connectivity index (χ2v) is 7.67. The summed E-state index contributed by atoms with van der Waals surface area (Å²) in [7, 11) is 3.58. The van der Waals surface area contributed by atoms with E-state index < -0.39 is 0 Å². The van der Waals surface area contributed by atoms with E-state index in [-0.39, 0.29) is 6.10 Å². The lowest BCUT2D eigenvalue weighted by Crippen LogP contribution is -2.34. The molecule has 136 valence electrons. The van der Waals surface area contributed by atoms with Crippen molar-refractivity contribution in [3.05, 3.63) is 28.7 Å². The minimum atomic E-state index is 0.135. The Balaban J connectivity index is 1.57. The van der Waals surface area contributed by atoms with E-state index in [1.807, 2.05) is 11.7 Å². The maximum atomic E-state index is 6.04. The highest BCUT2D eigenvalue weighted by Gasteiger charge is 2.24. The summed E-state index contributed by atoms with van der Waals surface area (Å²) >= 11 is 7.74. The van der Waals surface area contributed by atoms with Crippen molar-refractivity contribution in [2.45, 2.75) is 37.7 Å². The molecular formula is C17H23ClN4O2S.